The molecular formula is C16H15NO5. The Balaban J connectivity index is 1.73. The second-order valence-corrected chi connectivity index (χ2v) is 5.86. The molecule has 3 aliphatic rings. The molecule has 2 fully saturated rings. The lowest BCUT2D eigenvalue weighted by atomic mass is 9.77. The van der Waals surface area contributed by atoms with Crippen molar-refractivity contribution in [1.29, 1.82) is 0 Å². The predicted molar refractivity (Wildman–Crippen MR) is 76.7 cm³/mol. The largest absolute Gasteiger partial charge is 0.497 e. The molecule has 1 aromatic carbocycles. The summed E-state index contributed by atoms with van der Waals surface area (Å²) in [5, 5.41) is 9.43. The van der Waals surface area contributed by atoms with Gasteiger partial charge < -0.3 is 19.5 Å². The lowest BCUT2D eigenvalue weighted by Gasteiger charge is -2.21. The van der Waals surface area contributed by atoms with Crippen molar-refractivity contribution in [3.63, 3.8) is 0 Å². The van der Waals surface area contributed by atoms with E-state index in [1.165, 1.54) is 0 Å². The molecule has 114 valence electrons. The van der Waals surface area contributed by atoms with Crippen molar-refractivity contribution >= 4 is 17.6 Å². The molecule has 6 nitrogen and oxygen atoms in total. The van der Waals surface area contributed by atoms with E-state index in [0.717, 1.165) is 0 Å². The van der Waals surface area contributed by atoms with Crippen LogP contribution < -0.4 is 9.64 Å². The van der Waals surface area contributed by atoms with Gasteiger partial charge in [-0.15, -0.1) is 0 Å². The zero-order chi connectivity index (χ0) is 15.5. The minimum atomic E-state index is -0.984. The van der Waals surface area contributed by atoms with Crippen LogP contribution in [0.1, 0.15) is 0 Å². The number of ether oxygens (including phenoxy) is 2. The van der Waals surface area contributed by atoms with Gasteiger partial charge in [-0.3, -0.25) is 9.59 Å². The van der Waals surface area contributed by atoms with Gasteiger partial charge in [0.05, 0.1) is 25.7 Å². The summed E-state index contributed by atoms with van der Waals surface area (Å²) in [6.45, 7) is 0.334. The van der Waals surface area contributed by atoms with Gasteiger partial charge in [0.2, 0.25) is 5.91 Å². The molecule has 1 spiro atoms. The number of carbonyl (C=O) groups is 2. The van der Waals surface area contributed by atoms with E-state index in [4.69, 9.17) is 9.47 Å². The molecule has 1 amide bonds. The summed E-state index contributed by atoms with van der Waals surface area (Å²) < 4.78 is 11.0. The second kappa shape index (κ2) is 4.33. The highest BCUT2D eigenvalue weighted by Crippen LogP contribution is 2.52. The Morgan fingerprint density at radius 1 is 1.50 bits per heavy atom. The van der Waals surface area contributed by atoms with Crippen molar-refractivity contribution < 1.29 is 24.2 Å². The second-order valence-electron chi connectivity index (χ2n) is 5.86. The number of carboxylic acids is 1. The number of hydrogen-bond donors (Lipinski definition) is 1. The van der Waals surface area contributed by atoms with Gasteiger partial charge in [0.15, 0.2) is 0 Å². The maximum absolute atomic E-state index is 12.8. The van der Waals surface area contributed by atoms with E-state index in [1.807, 2.05) is 12.1 Å². The fourth-order valence-electron chi connectivity index (χ4n) is 3.78. The monoisotopic (exact) mass is 301 g/mol. The highest BCUT2D eigenvalue weighted by molar-refractivity contribution is 6.02. The van der Waals surface area contributed by atoms with Gasteiger partial charge in [0, 0.05) is 11.8 Å². The summed E-state index contributed by atoms with van der Waals surface area (Å²) in [4.78, 5) is 25.9. The first-order valence-corrected chi connectivity index (χ1v) is 7.11. The number of hydrogen-bond acceptors (Lipinski definition) is 4. The summed E-state index contributed by atoms with van der Waals surface area (Å²) in [5.74, 6) is -2.01. The molecule has 4 rings (SSSR count). The van der Waals surface area contributed by atoms with Crippen molar-refractivity contribution in [2.24, 2.45) is 11.8 Å². The molecule has 2 saturated heterocycles. The van der Waals surface area contributed by atoms with E-state index in [-0.39, 0.29) is 5.91 Å². The number of nitrogens with zero attached hydrogens (tertiary/aromatic N) is 1. The lowest BCUT2D eigenvalue weighted by Crippen LogP contribution is -2.39. The number of aliphatic carboxylic acids is 1. The smallest absolute Gasteiger partial charge is 0.310 e. The molecule has 3 heterocycles. The van der Waals surface area contributed by atoms with Crippen molar-refractivity contribution in [1.82, 2.24) is 0 Å². The van der Waals surface area contributed by atoms with Crippen LogP contribution in [0, 0.1) is 11.8 Å². The average Bonchev–Trinajstić information content (AvgIpc) is 3.15. The molecule has 22 heavy (non-hydrogen) atoms. The lowest BCUT2D eigenvalue weighted by molar-refractivity contribution is -0.146. The number of carboxylic acid groups (broad SMARTS) is 1. The minimum absolute atomic E-state index is 0.201. The van der Waals surface area contributed by atoms with Crippen LogP contribution in [0.15, 0.2) is 36.4 Å². The van der Waals surface area contributed by atoms with Crippen molar-refractivity contribution in [2.75, 3.05) is 18.6 Å². The van der Waals surface area contributed by atoms with Gasteiger partial charge >= 0.3 is 5.97 Å². The first-order chi connectivity index (χ1) is 10.6. The first-order valence-electron chi connectivity index (χ1n) is 7.11. The van der Waals surface area contributed by atoms with E-state index in [9.17, 15) is 14.7 Å². The third-order valence-corrected chi connectivity index (χ3v) is 4.75. The normalized spacial score (nSPS) is 35.0. The Labute approximate surface area is 126 Å². The Hall–Kier alpha value is -2.34. The molecule has 3 aliphatic heterocycles. The molecule has 6 heteroatoms. The zero-order valence-electron chi connectivity index (χ0n) is 11.9. The number of benzene rings is 1. The Morgan fingerprint density at radius 3 is 3.05 bits per heavy atom. The van der Waals surface area contributed by atoms with Gasteiger partial charge in [-0.1, -0.05) is 18.2 Å². The van der Waals surface area contributed by atoms with Crippen LogP contribution in [0.2, 0.25) is 0 Å². The van der Waals surface area contributed by atoms with E-state index in [0.29, 0.717) is 18.0 Å². The third-order valence-electron chi connectivity index (χ3n) is 4.75. The minimum Gasteiger partial charge on any atom is -0.497 e. The molecule has 4 atom stereocenters. The maximum atomic E-state index is 12.8. The number of fused-ring (bicyclic) bond motifs is 1. The molecule has 0 aliphatic carbocycles. The Kier molecular flexibility index (Phi) is 2.62. The highest BCUT2D eigenvalue weighted by Gasteiger charge is 2.67. The standard InChI is InChI=1S/C16H15NO5/c1-21-10-4-2-3-9(7-10)17-8-16-6-5-11(22-16)12(15(19)20)13(16)14(17)18/h2-7,11-13H,8H2,1H3,(H,19,20)/t11-,12-,13+,16+/m1/s1. The topological polar surface area (TPSA) is 76.1 Å². The molecule has 1 N–H and O–H groups in total. The van der Waals surface area contributed by atoms with Crippen LogP contribution in [0.5, 0.6) is 5.75 Å². The highest BCUT2D eigenvalue weighted by atomic mass is 16.5. The predicted octanol–water partition coefficient (Wildman–Crippen LogP) is 1.07. The number of methoxy groups -OCH3 is 1. The van der Waals surface area contributed by atoms with E-state index in [2.05, 4.69) is 0 Å². The quantitative estimate of drug-likeness (QED) is 0.845. The third kappa shape index (κ3) is 1.58. The summed E-state index contributed by atoms with van der Waals surface area (Å²) in [7, 11) is 1.56. The van der Waals surface area contributed by atoms with E-state index in [1.54, 1.807) is 36.3 Å². The van der Waals surface area contributed by atoms with Gasteiger partial charge in [0.25, 0.3) is 0 Å². The average molecular weight is 301 g/mol. The van der Waals surface area contributed by atoms with Crippen molar-refractivity contribution in [3.05, 3.63) is 36.4 Å². The van der Waals surface area contributed by atoms with Crippen LogP contribution in [0.25, 0.3) is 0 Å². The maximum Gasteiger partial charge on any atom is 0.310 e. The summed E-state index contributed by atoms with van der Waals surface area (Å²) in [6.07, 6.45) is 3.11. The first kappa shape index (κ1) is 13.3. The molecule has 1 aromatic rings. The fourth-order valence-corrected chi connectivity index (χ4v) is 3.78. The fraction of sp³-hybridized carbons (Fsp3) is 0.375. The van der Waals surface area contributed by atoms with E-state index < -0.39 is 29.5 Å². The number of amides is 1. The Bertz CT molecular complexity index is 700. The summed E-state index contributed by atoms with van der Waals surface area (Å²) in [5.41, 5.74) is -0.119. The number of anilines is 1. The zero-order valence-corrected chi connectivity index (χ0v) is 11.9. The van der Waals surface area contributed by atoms with Crippen LogP contribution in [0.3, 0.4) is 0 Å². The van der Waals surface area contributed by atoms with Gasteiger partial charge in [-0.2, -0.15) is 0 Å². The van der Waals surface area contributed by atoms with Crippen LogP contribution in [0.4, 0.5) is 5.69 Å². The summed E-state index contributed by atoms with van der Waals surface area (Å²) in [6, 6.07) is 7.17. The van der Waals surface area contributed by atoms with Gasteiger partial charge in [-0.05, 0) is 12.1 Å². The van der Waals surface area contributed by atoms with Crippen LogP contribution in [-0.2, 0) is 14.3 Å². The molecule has 2 bridgehead atoms. The molecule has 0 aromatic heterocycles. The SMILES string of the molecule is COc1cccc(N2C[C@]34C=C[C@@H](O3)[C@@H](C(=O)O)[C@H]4C2=O)c1. The van der Waals surface area contributed by atoms with Crippen LogP contribution in [-0.4, -0.2) is 42.3 Å². The molecule has 0 saturated carbocycles. The van der Waals surface area contributed by atoms with Crippen molar-refractivity contribution in [3.8, 4) is 5.75 Å². The van der Waals surface area contributed by atoms with Gasteiger partial charge in [-0.25, -0.2) is 0 Å². The van der Waals surface area contributed by atoms with Gasteiger partial charge in [0.1, 0.15) is 17.3 Å². The van der Waals surface area contributed by atoms with Crippen molar-refractivity contribution in [2.45, 2.75) is 11.7 Å². The molecule has 0 unspecified atom stereocenters. The molecule has 0 radical (unpaired) electrons. The number of rotatable bonds is 3. The molecular weight excluding hydrogens is 286 g/mol. The number of carbonyl (C=O) groups excluding carboxylic acids is 1. The Morgan fingerprint density at radius 2 is 2.32 bits per heavy atom. The summed E-state index contributed by atoms with van der Waals surface area (Å²) >= 11 is 0. The van der Waals surface area contributed by atoms with E-state index >= 15 is 0 Å². The van der Waals surface area contributed by atoms with Crippen LogP contribution >= 0.6 is 0 Å².